The molecule has 0 spiro atoms. The van der Waals surface area contributed by atoms with Crippen molar-refractivity contribution in [2.45, 2.75) is 30.7 Å². The fourth-order valence-corrected chi connectivity index (χ4v) is 3.08. The lowest BCUT2D eigenvalue weighted by atomic mass is 9.99. The maximum Gasteiger partial charge on any atom is 0.335 e. The van der Waals surface area contributed by atoms with E-state index in [0.29, 0.717) is 20.4 Å². The quantitative estimate of drug-likeness (QED) is 0.495. The van der Waals surface area contributed by atoms with Gasteiger partial charge < -0.3 is 34.9 Å². The number of benzene rings is 1. The number of halogens is 2. The van der Waals surface area contributed by atoms with Gasteiger partial charge in [0.25, 0.3) is 0 Å². The number of carboxylic acid groups (broad SMARTS) is 1. The van der Waals surface area contributed by atoms with E-state index < -0.39 is 36.7 Å². The fraction of sp³-hybridized carbons (Fsp3) is 0.357. The van der Waals surface area contributed by atoms with E-state index in [4.69, 9.17) is 26.2 Å². The number of aromatic amines is 1. The van der Waals surface area contributed by atoms with Gasteiger partial charge >= 0.3 is 5.97 Å². The van der Waals surface area contributed by atoms with Crippen molar-refractivity contribution in [3.63, 3.8) is 0 Å². The summed E-state index contributed by atoms with van der Waals surface area (Å²) in [4.78, 5) is 14.0. The van der Waals surface area contributed by atoms with Crippen LogP contribution in [0.2, 0.25) is 5.02 Å². The van der Waals surface area contributed by atoms with Gasteiger partial charge in [-0.15, -0.1) is 0 Å². The number of carbonyl (C=O) groups is 1. The first kappa shape index (κ1) is 17.5. The first-order valence-corrected chi connectivity index (χ1v) is 8.02. The molecule has 0 saturated carbocycles. The van der Waals surface area contributed by atoms with Crippen LogP contribution < -0.4 is 4.74 Å². The maximum absolute atomic E-state index is 11.1. The third kappa shape index (κ3) is 2.87. The zero-order valence-corrected chi connectivity index (χ0v) is 14.2. The second-order valence-electron chi connectivity index (χ2n) is 5.29. The van der Waals surface area contributed by atoms with Crippen LogP contribution in [-0.2, 0) is 9.53 Å². The van der Waals surface area contributed by atoms with Crippen molar-refractivity contribution in [2.75, 3.05) is 0 Å². The summed E-state index contributed by atoms with van der Waals surface area (Å²) in [6, 6.07) is 3.48. The van der Waals surface area contributed by atoms with E-state index in [9.17, 15) is 20.1 Å². The van der Waals surface area contributed by atoms with E-state index in [1.807, 2.05) is 0 Å². The molecule has 1 saturated heterocycles. The van der Waals surface area contributed by atoms with Crippen molar-refractivity contribution >= 4 is 44.4 Å². The number of aromatic nitrogens is 1. The molecule has 130 valence electrons. The molecule has 10 heteroatoms. The summed E-state index contributed by atoms with van der Waals surface area (Å²) < 4.78 is 11.2. The predicted octanol–water partition coefficient (Wildman–Crippen LogP) is 0.855. The first-order chi connectivity index (χ1) is 11.3. The number of nitrogens with one attached hydrogen (secondary N) is 1. The minimum absolute atomic E-state index is 0.202. The number of fused-ring (bicyclic) bond motifs is 1. The molecule has 1 aromatic carbocycles. The van der Waals surface area contributed by atoms with Crippen LogP contribution in [0.3, 0.4) is 0 Å². The van der Waals surface area contributed by atoms with Crippen LogP contribution in [0.1, 0.15) is 0 Å². The summed E-state index contributed by atoms with van der Waals surface area (Å²) in [6.07, 6.45) is -6.94. The van der Waals surface area contributed by atoms with Crippen LogP contribution in [-0.4, -0.2) is 62.1 Å². The standard InChI is InChI=1S/C14H13BrClNO7/c15-4-1-2-5-7(8(4)16)6(3-17-5)23-14-11(20)9(18)10(19)12(24-14)13(21)22/h1-3,9-12,14,17-20H,(H,21,22)/t9-,10+,11+,12-,14+/m1/s1. The molecule has 8 nitrogen and oxygen atoms in total. The van der Waals surface area contributed by atoms with Gasteiger partial charge in [0, 0.05) is 10.7 Å². The van der Waals surface area contributed by atoms with Crippen LogP contribution in [0.15, 0.2) is 22.8 Å². The van der Waals surface area contributed by atoms with Gasteiger partial charge in [0.05, 0.1) is 15.9 Å². The van der Waals surface area contributed by atoms with E-state index >= 15 is 0 Å². The van der Waals surface area contributed by atoms with Crippen molar-refractivity contribution in [2.24, 2.45) is 0 Å². The number of aliphatic hydroxyl groups is 3. The Morgan fingerprint density at radius 3 is 2.62 bits per heavy atom. The van der Waals surface area contributed by atoms with Gasteiger partial charge in [-0.3, -0.25) is 0 Å². The lowest BCUT2D eigenvalue weighted by Gasteiger charge is -2.38. The second-order valence-corrected chi connectivity index (χ2v) is 6.52. The first-order valence-electron chi connectivity index (χ1n) is 6.85. The molecule has 3 rings (SSSR count). The monoisotopic (exact) mass is 421 g/mol. The molecule has 0 aliphatic carbocycles. The Labute approximate surface area is 148 Å². The van der Waals surface area contributed by atoms with E-state index in [1.165, 1.54) is 6.20 Å². The van der Waals surface area contributed by atoms with Crippen molar-refractivity contribution in [1.29, 1.82) is 0 Å². The summed E-state index contributed by atoms with van der Waals surface area (Å²) in [5, 5.41) is 39.4. The third-order valence-electron chi connectivity index (χ3n) is 3.76. The van der Waals surface area contributed by atoms with E-state index in [2.05, 4.69) is 20.9 Å². The molecule has 1 fully saturated rings. The fourth-order valence-electron chi connectivity index (χ4n) is 2.49. The van der Waals surface area contributed by atoms with Gasteiger partial charge in [0.2, 0.25) is 6.29 Å². The average molecular weight is 423 g/mol. The molecule has 5 N–H and O–H groups in total. The van der Waals surface area contributed by atoms with Crippen LogP contribution >= 0.6 is 27.5 Å². The van der Waals surface area contributed by atoms with Crippen LogP contribution in [0, 0.1) is 0 Å². The number of ether oxygens (including phenoxy) is 2. The summed E-state index contributed by atoms with van der Waals surface area (Å²) in [5.74, 6) is -1.28. The SMILES string of the molecule is O=C(O)[C@@H]1O[C@H](Oc2c[nH]c3ccc(Br)c(Cl)c23)[C@@H](O)[C@H](O)[C@@H]1O. The number of aliphatic hydroxyl groups excluding tert-OH is 3. The largest absolute Gasteiger partial charge is 0.479 e. The predicted molar refractivity (Wildman–Crippen MR) is 86.0 cm³/mol. The lowest BCUT2D eigenvalue weighted by Crippen LogP contribution is -2.61. The van der Waals surface area contributed by atoms with Crippen molar-refractivity contribution < 1.29 is 34.7 Å². The Morgan fingerprint density at radius 2 is 1.96 bits per heavy atom. The number of rotatable bonds is 3. The zero-order valence-electron chi connectivity index (χ0n) is 11.9. The maximum atomic E-state index is 11.1. The van der Waals surface area contributed by atoms with E-state index in [-0.39, 0.29) is 5.75 Å². The van der Waals surface area contributed by atoms with E-state index in [0.717, 1.165) is 0 Å². The van der Waals surface area contributed by atoms with Gasteiger partial charge in [-0.05, 0) is 28.1 Å². The van der Waals surface area contributed by atoms with Crippen LogP contribution in [0.4, 0.5) is 0 Å². The minimum atomic E-state index is -1.78. The molecule has 24 heavy (non-hydrogen) atoms. The minimum Gasteiger partial charge on any atom is -0.479 e. The molecule has 0 amide bonds. The number of carboxylic acids is 1. The Bertz CT molecular complexity index is 782. The lowest BCUT2D eigenvalue weighted by molar-refractivity contribution is -0.270. The summed E-state index contributed by atoms with van der Waals surface area (Å²) >= 11 is 9.51. The van der Waals surface area contributed by atoms with Crippen LogP contribution in [0.25, 0.3) is 10.9 Å². The number of H-pyrrole nitrogens is 1. The Balaban J connectivity index is 1.93. The van der Waals surface area contributed by atoms with Gasteiger partial charge in [-0.1, -0.05) is 11.6 Å². The molecule has 0 bridgehead atoms. The van der Waals surface area contributed by atoms with Crippen molar-refractivity contribution in [3.05, 3.63) is 27.8 Å². The normalized spacial score (nSPS) is 30.5. The number of hydrogen-bond donors (Lipinski definition) is 5. The van der Waals surface area contributed by atoms with E-state index in [1.54, 1.807) is 12.1 Å². The molecule has 1 aliphatic heterocycles. The molecule has 1 aromatic heterocycles. The topological polar surface area (TPSA) is 132 Å². The highest BCUT2D eigenvalue weighted by atomic mass is 79.9. The Morgan fingerprint density at radius 1 is 1.25 bits per heavy atom. The second kappa shape index (κ2) is 6.51. The number of aliphatic carboxylic acids is 1. The third-order valence-corrected chi connectivity index (χ3v) is 5.04. The van der Waals surface area contributed by atoms with Gasteiger partial charge in [0.1, 0.15) is 24.1 Å². The van der Waals surface area contributed by atoms with Crippen molar-refractivity contribution in [1.82, 2.24) is 4.98 Å². The van der Waals surface area contributed by atoms with Gasteiger partial charge in [0.15, 0.2) is 6.10 Å². The van der Waals surface area contributed by atoms with Gasteiger partial charge in [-0.2, -0.15) is 0 Å². The average Bonchev–Trinajstić information content (AvgIpc) is 2.94. The highest BCUT2D eigenvalue weighted by Gasteiger charge is 2.48. The zero-order chi connectivity index (χ0) is 17.6. The molecular weight excluding hydrogens is 410 g/mol. The summed E-state index contributed by atoms with van der Waals surface area (Å²) in [7, 11) is 0. The molecule has 1 aliphatic rings. The van der Waals surface area contributed by atoms with Gasteiger partial charge in [-0.25, -0.2) is 4.79 Å². The molecule has 0 unspecified atom stereocenters. The molecule has 2 heterocycles. The Kier molecular flexibility index (Phi) is 4.73. The highest BCUT2D eigenvalue weighted by molar-refractivity contribution is 9.10. The number of hydrogen-bond acceptors (Lipinski definition) is 6. The summed E-state index contributed by atoms with van der Waals surface area (Å²) in [6.45, 7) is 0. The summed E-state index contributed by atoms with van der Waals surface area (Å²) in [5.41, 5.74) is 0.652. The molecule has 5 atom stereocenters. The van der Waals surface area contributed by atoms with Crippen molar-refractivity contribution in [3.8, 4) is 5.75 Å². The smallest absolute Gasteiger partial charge is 0.335 e. The molecular formula is C14H13BrClNO7. The molecule has 2 aromatic rings. The Hall–Kier alpha value is -1.36. The molecule has 0 radical (unpaired) electrons. The van der Waals surface area contributed by atoms with Crippen LogP contribution in [0.5, 0.6) is 5.75 Å². The highest BCUT2D eigenvalue weighted by Crippen LogP contribution is 2.38.